The molecule has 6 atom stereocenters. The van der Waals surface area contributed by atoms with Crippen molar-refractivity contribution in [3.63, 3.8) is 0 Å². The van der Waals surface area contributed by atoms with Gasteiger partial charge in [0.25, 0.3) is 0 Å². The molecule has 2 heterocycles. The number of para-hydroxylation sites is 2. The Kier molecular flexibility index (Phi) is 4.77. The SMILES string of the molecule is CO/N=C1\C=CC2=C(C)C3[C@H]4C(=O)N(c5ccccc5)C(=O)[C@H]4C2(C1=O)[C@H]1C(=O)N(c2ccccc2)C(=O)[C@@H]31. The van der Waals surface area contributed by atoms with E-state index in [-0.39, 0.29) is 5.71 Å². The molecule has 9 nitrogen and oxygen atoms in total. The lowest BCUT2D eigenvalue weighted by Gasteiger charge is -2.57. The molecule has 1 saturated carbocycles. The summed E-state index contributed by atoms with van der Waals surface area (Å²) in [6.07, 6.45) is 3.20. The van der Waals surface area contributed by atoms with Gasteiger partial charge in [-0.25, -0.2) is 9.80 Å². The van der Waals surface area contributed by atoms with Crippen molar-refractivity contribution in [1.82, 2.24) is 0 Å². The summed E-state index contributed by atoms with van der Waals surface area (Å²) in [7, 11) is 1.30. The fraction of sp³-hybridized carbons (Fsp3) is 0.267. The van der Waals surface area contributed by atoms with Crippen molar-refractivity contribution in [3.8, 4) is 0 Å². The molecule has 4 amide bonds. The summed E-state index contributed by atoms with van der Waals surface area (Å²) >= 11 is 0. The maximum atomic E-state index is 14.5. The lowest BCUT2D eigenvalue weighted by molar-refractivity contribution is -0.156. The summed E-state index contributed by atoms with van der Waals surface area (Å²) in [5, 5.41) is 3.90. The molecule has 39 heavy (non-hydrogen) atoms. The monoisotopic (exact) mass is 521 g/mol. The molecule has 4 aliphatic carbocycles. The number of imide groups is 2. The number of anilines is 2. The molecule has 2 bridgehead atoms. The first-order valence-electron chi connectivity index (χ1n) is 12.8. The summed E-state index contributed by atoms with van der Waals surface area (Å²) in [5.41, 5.74) is 0.120. The number of carbonyl (C=O) groups excluding carboxylic acids is 5. The third-order valence-corrected chi connectivity index (χ3v) is 9.06. The summed E-state index contributed by atoms with van der Waals surface area (Å²) in [6, 6.07) is 17.0. The van der Waals surface area contributed by atoms with Crippen molar-refractivity contribution in [2.75, 3.05) is 16.9 Å². The molecule has 9 heteroatoms. The number of carbonyl (C=O) groups is 5. The molecule has 2 saturated heterocycles. The smallest absolute Gasteiger partial charge is 0.239 e. The van der Waals surface area contributed by atoms with Crippen LogP contribution in [-0.2, 0) is 28.8 Å². The number of oxime groups is 1. The Morgan fingerprint density at radius 2 is 1.18 bits per heavy atom. The Bertz CT molecular complexity index is 1510. The minimum atomic E-state index is -1.77. The summed E-state index contributed by atoms with van der Waals surface area (Å²) in [4.78, 5) is 78.4. The zero-order valence-electron chi connectivity index (χ0n) is 21.1. The van der Waals surface area contributed by atoms with Gasteiger partial charge in [0.2, 0.25) is 23.6 Å². The predicted molar refractivity (Wildman–Crippen MR) is 139 cm³/mol. The van der Waals surface area contributed by atoms with Gasteiger partial charge in [-0.3, -0.25) is 24.0 Å². The van der Waals surface area contributed by atoms with E-state index in [1.165, 1.54) is 13.2 Å². The molecule has 0 N–H and O–H groups in total. The third kappa shape index (κ3) is 2.64. The predicted octanol–water partition coefficient (Wildman–Crippen LogP) is 2.69. The second-order valence-electron chi connectivity index (χ2n) is 10.5. The standard InChI is InChI=1S/C30H23N3O6/c1-15-18-13-14-19(31-39-2)25(34)30(18)23-21(26(35)32(28(23)37)16-9-5-3-6-10-16)20(15)22-24(30)29(38)33(27(22)36)17-11-7-4-8-12-17/h3-14,20-24H,1-2H3/b31-19+/t20?,21-,22+,23+,24-,30?. The fourth-order valence-electron chi connectivity index (χ4n) is 7.82. The highest BCUT2D eigenvalue weighted by atomic mass is 16.6. The van der Waals surface area contributed by atoms with Crippen molar-refractivity contribution >= 4 is 46.5 Å². The van der Waals surface area contributed by atoms with E-state index in [0.29, 0.717) is 22.5 Å². The summed E-state index contributed by atoms with van der Waals surface area (Å²) < 4.78 is 0. The highest BCUT2D eigenvalue weighted by Crippen LogP contribution is 2.70. The minimum absolute atomic E-state index is 0.0660. The van der Waals surface area contributed by atoms with Gasteiger partial charge in [-0.1, -0.05) is 53.2 Å². The van der Waals surface area contributed by atoms with Crippen molar-refractivity contribution < 1.29 is 28.8 Å². The van der Waals surface area contributed by atoms with E-state index in [2.05, 4.69) is 5.16 Å². The largest absolute Gasteiger partial charge is 0.399 e. The Morgan fingerprint density at radius 1 is 0.692 bits per heavy atom. The number of rotatable bonds is 3. The van der Waals surface area contributed by atoms with E-state index in [9.17, 15) is 24.0 Å². The maximum absolute atomic E-state index is 14.5. The van der Waals surface area contributed by atoms with E-state index in [0.717, 1.165) is 9.80 Å². The van der Waals surface area contributed by atoms with Crippen LogP contribution in [0.4, 0.5) is 11.4 Å². The van der Waals surface area contributed by atoms with E-state index < -0.39 is 64.4 Å². The van der Waals surface area contributed by atoms with Gasteiger partial charge in [-0.2, -0.15) is 0 Å². The van der Waals surface area contributed by atoms with E-state index in [1.807, 2.05) is 0 Å². The van der Waals surface area contributed by atoms with Gasteiger partial charge in [0.15, 0.2) is 5.78 Å². The fourth-order valence-corrected chi connectivity index (χ4v) is 7.82. The molecule has 194 valence electrons. The molecule has 2 unspecified atom stereocenters. The van der Waals surface area contributed by atoms with Gasteiger partial charge >= 0.3 is 0 Å². The van der Waals surface area contributed by atoms with Gasteiger partial charge in [-0.05, 0) is 42.8 Å². The van der Waals surface area contributed by atoms with Crippen molar-refractivity contribution in [3.05, 3.63) is 84.0 Å². The zero-order chi connectivity index (χ0) is 27.2. The zero-order valence-corrected chi connectivity index (χ0v) is 21.1. The molecule has 3 fully saturated rings. The van der Waals surface area contributed by atoms with Crippen LogP contribution in [0, 0.1) is 35.0 Å². The van der Waals surface area contributed by atoms with Crippen LogP contribution in [0.5, 0.6) is 0 Å². The second kappa shape index (κ2) is 7.92. The molecule has 1 spiro atoms. The van der Waals surface area contributed by atoms with Crippen LogP contribution >= 0.6 is 0 Å². The Morgan fingerprint density at radius 3 is 1.64 bits per heavy atom. The molecule has 0 aromatic heterocycles. The van der Waals surface area contributed by atoms with Gasteiger partial charge < -0.3 is 4.84 Å². The Labute approximate surface area is 223 Å². The topological polar surface area (TPSA) is 113 Å². The van der Waals surface area contributed by atoms with Crippen LogP contribution in [0.25, 0.3) is 0 Å². The molecule has 6 aliphatic rings. The number of benzene rings is 2. The van der Waals surface area contributed by atoms with Crippen molar-refractivity contribution in [1.29, 1.82) is 0 Å². The van der Waals surface area contributed by atoms with E-state index >= 15 is 0 Å². The van der Waals surface area contributed by atoms with Crippen molar-refractivity contribution in [2.24, 2.45) is 40.2 Å². The second-order valence-corrected chi connectivity index (χ2v) is 10.5. The molecule has 2 aromatic carbocycles. The lowest BCUT2D eigenvalue weighted by Crippen LogP contribution is -2.66. The molecular formula is C30H23N3O6. The first-order valence-corrected chi connectivity index (χ1v) is 12.8. The normalized spacial score (nSPS) is 33.7. The quantitative estimate of drug-likeness (QED) is 0.453. The molecule has 0 radical (unpaired) electrons. The van der Waals surface area contributed by atoms with Crippen LogP contribution < -0.4 is 9.80 Å². The maximum Gasteiger partial charge on any atom is 0.239 e. The highest BCUT2D eigenvalue weighted by molar-refractivity contribution is 6.49. The summed E-state index contributed by atoms with van der Waals surface area (Å²) in [6.45, 7) is 1.79. The number of hydrogen-bond acceptors (Lipinski definition) is 7. The highest BCUT2D eigenvalue weighted by Gasteiger charge is 2.80. The third-order valence-electron chi connectivity index (χ3n) is 9.06. The number of hydrogen-bond donors (Lipinski definition) is 0. The van der Waals surface area contributed by atoms with E-state index in [4.69, 9.17) is 4.84 Å². The van der Waals surface area contributed by atoms with Gasteiger partial charge in [-0.15, -0.1) is 0 Å². The Hall–Kier alpha value is -4.66. The van der Waals surface area contributed by atoms with Crippen LogP contribution in [-0.4, -0.2) is 42.2 Å². The van der Waals surface area contributed by atoms with Gasteiger partial charge in [0, 0.05) is 5.92 Å². The Balaban J connectivity index is 1.50. The summed E-state index contributed by atoms with van der Waals surface area (Å²) in [5.74, 6) is -7.63. The molecule has 8 rings (SSSR count). The van der Waals surface area contributed by atoms with Gasteiger partial charge in [0.1, 0.15) is 12.8 Å². The van der Waals surface area contributed by atoms with E-state index in [1.54, 1.807) is 73.7 Å². The number of Topliss-reactive ketones (excluding diaryl/α,β-unsaturated/α-hetero) is 1. The van der Waals surface area contributed by atoms with Crippen LogP contribution in [0.2, 0.25) is 0 Å². The first-order chi connectivity index (χ1) is 18.9. The molecular weight excluding hydrogens is 498 g/mol. The first kappa shape index (κ1) is 23.5. The minimum Gasteiger partial charge on any atom is -0.399 e. The number of ketones is 1. The van der Waals surface area contributed by atoms with Crippen LogP contribution in [0.15, 0.2) is 89.1 Å². The van der Waals surface area contributed by atoms with Gasteiger partial charge in [0.05, 0.1) is 40.5 Å². The lowest BCUT2D eigenvalue weighted by atomic mass is 9.40. The number of allylic oxidation sites excluding steroid dienone is 4. The van der Waals surface area contributed by atoms with Crippen LogP contribution in [0.1, 0.15) is 6.92 Å². The molecule has 2 aliphatic heterocycles. The number of amides is 4. The average molecular weight is 522 g/mol. The van der Waals surface area contributed by atoms with Crippen LogP contribution in [0.3, 0.4) is 0 Å². The average Bonchev–Trinajstić information content (AvgIpc) is 3.37. The molecule has 2 aromatic rings. The van der Waals surface area contributed by atoms with Crippen molar-refractivity contribution in [2.45, 2.75) is 6.92 Å². The number of nitrogens with zero attached hydrogens (tertiary/aromatic N) is 3.